The third kappa shape index (κ3) is 28.4. The molecule has 0 atom stereocenters. The van der Waals surface area contributed by atoms with E-state index in [1.165, 1.54) is 109 Å². The molecular formula is C30H52O2. The Morgan fingerprint density at radius 2 is 0.875 bits per heavy atom. The van der Waals surface area contributed by atoms with Crippen molar-refractivity contribution in [2.24, 2.45) is 0 Å². The summed E-state index contributed by atoms with van der Waals surface area (Å²) >= 11 is 0. The summed E-state index contributed by atoms with van der Waals surface area (Å²) in [6.45, 7) is 2.27. The van der Waals surface area contributed by atoms with Gasteiger partial charge in [-0.25, -0.2) is 0 Å². The Bertz CT molecular complexity index is 499. The van der Waals surface area contributed by atoms with E-state index in [0.29, 0.717) is 6.42 Å². The van der Waals surface area contributed by atoms with Gasteiger partial charge in [-0.05, 0) is 44.9 Å². The minimum absolute atomic E-state index is 0.206. The number of carboxylic acids is 1. The van der Waals surface area contributed by atoms with Crippen LogP contribution in [0, 0.1) is 0 Å². The molecule has 0 aliphatic rings. The lowest BCUT2D eigenvalue weighted by Crippen LogP contribution is -1.91. The van der Waals surface area contributed by atoms with E-state index in [4.69, 9.17) is 5.11 Å². The van der Waals surface area contributed by atoms with Gasteiger partial charge in [-0.1, -0.05) is 133 Å². The van der Waals surface area contributed by atoms with Gasteiger partial charge in [0, 0.05) is 6.42 Å². The number of rotatable bonds is 24. The van der Waals surface area contributed by atoms with E-state index in [9.17, 15) is 4.79 Å². The molecule has 0 bridgehead atoms. The summed E-state index contributed by atoms with van der Waals surface area (Å²) in [7, 11) is 0. The third-order valence-corrected chi connectivity index (χ3v) is 5.76. The van der Waals surface area contributed by atoms with Crippen LogP contribution in [0.2, 0.25) is 0 Å². The molecule has 2 nitrogen and oxygen atoms in total. The Morgan fingerprint density at radius 3 is 1.31 bits per heavy atom. The Morgan fingerprint density at radius 1 is 0.500 bits per heavy atom. The first-order chi connectivity index (χ1) is 15.8. The van der Waals surface area contributed by atoms with Gasteiger partial charge in [-0.3, -0.25) is 4.79 Å². The van der Waals surface area contributed by atoms with Crippen LogP contribution in [0.25, 0.3) is 0 Å². The highest BCUT2D eigenvalue weighted by Crippen LogP contribution is 2.13. The second-order valence-electron chi connectivity index (χ2n) is 8.96. The highest BCUT2D eigenvalue weighted by atomic mass is 16.4. The summed E-state index contributed by atoms with van der Waals surface area (Å²) in [5.41, 5.74) is 0. The van der Waals surface area contributed by atoms with Gasteiger partial charge in [0.1, 0.15) is 0 Å². The van der Waals surface area contributed by atoms with Crippen LogP contribution in [0.5, 0.6) is 0 Å². The van der Waals surface area contributed by atoms with Crippen molar-refractivity contribution in [3.63, 3.8) is 0 Å². The van der Waals surface area contributed by atoms with Crippen molar-refractivity contribution in [2.45, 2.75) is 135 Å². The van der Waals surface area contributed by atoms with Crippen LogP contribution in [-0.2, 0) is 4.79 Å². The molecular weight excluding hydrogens is 392 g/mol. The molecule has 0 rings (SSSR count). The first-order valence-electron chi connectivity index (χ1n) is 13.6. The Hall–Kier alpha value is -1.57. The minimum Gasteiger partial charge on any atom is -0.481 e. The quantitative estimate of drug-likeness (QED) is 0.0913. The molecule has 0 saturated carbocycles. The predicted molar refractivity (Wildman–Crippen MR) is 142 cm³/mol. The van der Waals surface area contributed by atoms with Crippen LogP contribution in [0.3, 0.4) is 0 Å². The minimum atomic E-state index is -0.740. The molecule has 184 valence electrons. The molecule has 0 aliphatic carbocycles. The van der Waals surface area contributed by atoms with Crippen molar-refractivity contribution in [3.8, 4) is 0 Å². The summed E-state index contributed by atoms with van der Waals surface area (Å²) in [6.07, 6.45) is 42.2. The van der Waals surface area contributed by atoms with Gasteiger partial charge >= 0.3 is 5.97 Å². The number of allylic oxidation sites excluding steroid dienone is 8. The van der Waals surface area contributed by atoms with Crippen LogP contribution in [-0.4, -0.2) is 11.1 Å². The Labute approximate surface area is 200 Å². The summed E-state index contributed by atoms with van der Waals surface area (Å²) in [5, 5.41) is 8.54. The largest absolute Gasteiger partial charge is 0.481 e. The van der Waals surface area contributed by atoms with E-state index in [1.54, 1.807) is 0 Å². The van der Waals surface area contributed by atoms with Gasteiger partial charge in [0.25, 0.3) is 0 Å². The Kier molecular flexibility index (Phi) is 26.1. The van der Waals surface area contributed by atoms with E-state index >= 15 is 0 Å². The molecule has 0 heterocycles. The van der Waals surface area contributed by atoms with Gasteiger partial charge < -0.3 is 5.11 Å². The van der Waals surface area contributed by atoms with Crippen molar-refractivity contribution in [3.05, 3.63) is 48.6 Å². The normalized spacial score (nSPS) is 12.3. The second kappa shape index (κ2) is 27.5. The fraction of sp³-hybridized carbons (Fsp3) is 0.700. The standard InChI is InChI=1S/C30H52O2/c1-2-3-4-5-6-7-8-9-10-11-12-13-14-15-16-17-18-19-20-21-22-23-24-25-26-27-28-29-30(31)32/h6-7,22-27H,2-5,8-21,28-29H2,1H3,(H,31,32)/b7-6+,23-22+,25-24+,27-26+. The lowest BCUT2D eigenvalue weighted by atomic mass is 10.0. The third-order valence-electron chi connectivity index (χ3n) is 5.76. The van der Waals surface area contributed by atoms with Gasteiger partial charge in [-0.15, -0.1) is 0 Å². The first kappa shape index (κ1) is 30.4. The lowest BCUT2D eigenvalue weighted by molar-refractivity contribution is -0.136. The van der Waals surface area contributed by atoms with E-state index < -0.39 is 5.97 Å². The molecule has 0 aliphatic heterocycles. The molecule has 0 aromatic rings. The maximum absolute atomic E-state index is 10.4. The SMILES string of the molecule is CCCCC/C=C/CCCCCCCCCCCCCC/C=C/C=C/C=C/CCC(=O)O. The van der Waals surface area contributed by atoms with Gasteiger partial charge in [0.2, 0.25) is 0 Å². The van der Waals surface area contributed by atoms with E-state index in [0.717, 1.165) is 6.42 Å². The number of unbranched alkanes of at least 4 members (excludes halogenated alkanes) is 16. The van der Waals surface area contributed by atoms with Crippen LogP contribution in [0.1, 0.15) is 135 Å². The van der Waals surface area contributed by atoms with Gasteiger partial charge in [-0.2, -0.15) is 0 Å². The zero-order chi connectivity index (χ0) is 23.4. The van der Waals surface area contributed by atoms with E-state index in [-0.39, 0.29) is 6.42 Å². The van der Waals surface area contributed by atoms with E-state index in [1.807, 2.05) is 24.3 Å². The summed E-state index contributed by atoms with van der Waals surface area (Å²) in [5.74, 6) is -0.740. The second-order valence-corrected chi connectivity index (χ2v) is 8.96. The molecule has 0 spiro atoms. The van der Waals surface area contributed by atoms with Crippen molar-refractivity contribution < 1.29 is 9.90 Å². The summed E-state index contributed by atoms with van der Waals surface area (Å²) < 4.78 is 0. The van der Waals surface area contributed by atoms with Crippen LogP contribution >= 0.6 is 0 Å². The number of hydrogen-bond donors (Lipinski definition) is 1. The molecule has 0 unspecified atom stereocenters. The molecule has 0 aromatic heterocycles. The molecule has 0 radical (unpaired) electrons. The molecule has 32 heavy (non-hydrogen) atoms. The van der Waals surface area contributed by atoms with Gasteiger partial charge in [0.15, 0.2) is 0 Å². The van der Waals surface area contributed by atoms with Crippen molar-refractivity contribution >= 4 is 5.97 Å². The average Bonchev–Trinajstić information content (AvgIpc) is 2.78. The molecule has 0 fully saturated rings. The smallest absolute Gasteiger partial charge is 0.303 e. The lowest BCUT2D eigenvalue weighted by Gasteiger charge is -2.02. The first-order valence-corrected chi connectivity index (χ1v) is 13.6. The maximum atomic E-state index is 10.4. The highest BCUT2D eigenvalue weighted by Gasteiger charge is 1.94. The zero-order valence-electron chi connectivity index (χ0n) is 21.1. The fourth-order valence-electron chi connectivity index (χ4n) is 3.72. The Balaban J connectivity index is 3.21. The number of hydrogen-bond acceptors (Lipinski definition) is 1. The van der Waals surface area contributed by atoms with Crippen molar-refractivity contribution in [1.29, 1.82) is 0 Å². The monoisotopic (exact) mass is 444 g/mol. The van der Waals surface area contributed by atoms with Crippen molar-refractivity contribution in [2.75, 3.05) is 0 Å². The van der Waals surface area contributed by atoms with Crippen LogP contribution < -0.4 is 0 Å². The predicted octanol–water partition coefficient (Wildman–Crippen LogP) is 10.1. The maximum Gasteiger partial charge on any atom is 0.303 e. The molecule has 0 aromatic carbocycles. The highest BCUT2D eigenvalue weighted by molar-refractivity contribution is 5.66. The number of aliphatic carboxylic acids is 1. The number of carboxylic acid groups (broad SMARTS) is 1. The van der Waals surface area contributed by atoms with Gasteiger partial charge in [0.05, 0.1) is 0 Å². The van der Waals surface area contributed by atoms with Crippen LogP contribution in [0.15, 0.2) is 48.6 Å². The number of carbonyl (C=O) groups is 1. The molecule has 0 saturated heterocycles. The van der Waals surface area contributed by atoms with E-state index in [2.05, 4.69) is 31.2 Å². The molecule has 1 N–H and O–H groups in total. The summed E-state index contributed by atoms with van der Waals surface area (Å²) in [6, 6.07) is 0. The fourth-order valence-corrected chi connectivity index (χ4v) is 3.72. The zero-order valence-corrected chi connectivity index (χ0v) is 21.1. The summed E-state index contributed by atoms with van der Waals surface area (Å²) in [4.78, 5) is 10.4. The van der Waals surface area contributed by atoms with Crippen LogP contribution in [0.4, 0.5) is 0 Å². The van der Waals surface area contributed by atoms with Crippen molar-refractivity contribution in [1.82, 2.24) is 0 Å². The average molecular weight is 445 g/mol. The topological polar surface area (TPSA) is 37.3 Å². The molecule has 2 heteroatoms. The molecule has 0 amide bonds.